The number of pyridine rings is 1. The SMILES string of the molecule is CC(C)c1nc(N)ccc1-c1cc(Cc2cccc(-c3ccccc3)c2)no1. The normalized spacial score (nSPS) is 11.1. The molecule has 0 bridgehead atoms. The maximum Gasteiger partial charge on any atom is 0.168 e. The lowest BCUT2D eigenvalue weighted by Gasteiger charge is -2.09. The van der Waals surface area contributed by atoms with Gasteiger partial charge >= 0.3 is 0 Å². The fourth-order valence-corrected chi connectivity index (χ4v) is 3.36. The second kappa shape index (κ2) is 7.69. The maximum atomic E-state index is 5.86. The zero-order valence-corrected chi connectivity index (χ0v) is 16.1. The molecule has 2 N–H and O–H groups in total. The van der Waals surface area contributed by atoms with Gasteiger partial charge in [-0.3, -0.25) is 0 Å². The Morgan fingerprint density at radius 3 is 2.46 bits per heavy atom. The van der Waals surface area contributed by atoms with Gasteiger partial charge in [0.05, 0.1) is 11.4 Å². The van der Waals surface area contributed by atoms with Gasteiger partial charge < -0.3 is 10.3 Å². The van der Waals surface area contributed by atoms with Crippen molar-refractivity contribution in [2.24, 2.45) is 0 Å². The molecule has 0 saturated heterocycles. The highest BCUT2D eigenvalue weighted by atomic mass is 16.5. The highest BCUT2D eigenvalue weighted by molar-refractivity contribution is 5.65. The standard InChI is InChI=1S/C24H23N3O/c1-16(2)24-21(11-12-23(25)26-24)22-15-20(27-28-22)14-17-7-6-10-19(13-17)18-8-4-3-5-9-18/h3-13,15-16H,14H2,1-2H3,(H2,25,26). The van der Waals surface area contributed by atoms with Gasteiger partial charge in [-0.05, 0) is 34.7 Å². The molecule has 4 heteroatoms. The molecule has 4 aromatic rings. The van der Waals surface area contributed by atoms with Crippen LogP contribution < -0.4 is 5.73 Å². The summed E-state index contributed by atoms with van der Waals surface area (Å²) >= 11 is 0. The van der Waals surface area contributed by atoms with Gasteiger partial charge in [-0.1, -0.05) is 73.6 Å². The quantitative estimate of drug-likeness (QED) is 0.490. The minimum atomic E-state index is 0.245. The summed E-state index contributed by atoms with van der Waals surface area (Å²) in [7, 11) is 0. The molecular formula is C24H23N3O. The smallest absolute Gasteiger partial charge is 0.168 e. The van der Waals surface area contributed by atoms with Crippen molar-refractivity contribution < 1.29 is 4.52 Å². The molecule has 0 radical (unpaired) electrons. The molecule has 0 spiro atoms. The van der Waals surface area contributed by atoms with Crippen LogP contribution in [0, 0.1) is 0 Å². The third-order valence-corrected chi connectivity index (χ3v) is 4.74. The molecule has 0 amide bonds. The van der Waals surface area contributed by atoms with Crippen LogP contribution in [0.5, 0.6) is 0 Å². The first-order chi connectivity index (χ1) is 13.6. The van der Waals surface area contributed by atoms with Gasteiger partial charge in [0, 0.05) is 18.1 Å². The number of nitrogens with zero attached hydrogens (tertiary/aromatic N) is 2. The molecule has 0 saturated carbocycles. The van der Waals surface area contributed by atoms with Gasteiger partial charge in [0.25, 0.3) is 0 Å². The Kier molecular flexibility index (Phi) is 4.94. The van der Waals surface area contributed by atoms with E-state index in [-0.39, 0.29) is 5.92 Å². The zero-order chi connectivity index (χ0) is 19.5. The number of hydrogen-bond acceptors (Lipinski definition) is 4. The average Bonchev–Trinajstić information content (AvgIpc) is 3.17. The lowest BCUT2D eigenvalue weighted by Crippen LogP contribution is -2.00. The first-order valence-corrected chi connectivity index (χ1v) is 9.47. The van der Waals surface area contributed by atoms with E-state index < -0.39 is 0 Å². The van der Waals surface area contributed by atoms with Crippen LogP contribution in [0.2, 0.25) is 0 Å². The molecule has 4 rings (SSSR count). The van der Waals surface area contributed by atoms with Crippen molar-refractivity contribution in [2.75, 3.05) is 5.73 Å². The Morgan fingerprint density at radius 2 is 1.68 bits per heavy atom. The minimum absolute atomic E-state index is 0.245. The largest absolute Gasteiger partial charge is 0.384 e. The van der Waals surface area contributed by atoms with Crippen molar-refractivity contribution >= 4 is 5.82 Å². The minimum Gasteiger partial charge on any atom is -0.384 e. The summed E-state index contributed by atoms with van der Waals surface area (Å²) in [4.78, 5) is 4.48. The third kappa shape index (κ3) is 3.81. The Hall–Kier alpha value is -3.40. The number of nitrogen functional groups attached to an aromatic ring is 1. The molecule has 4 nitrogen and oxygen atoms in total. The number of anilines is 1. The Labute approximate surface area is 165 Å². The molecule has 28 heavy (non-hydrogen) atoms. The number of rotatable bonds is 5. The van der Waals surface area contributed by atoms with E-state index in [1.807, 2.05) is 18.2 Å². The van der Waals surface area contributed by atoms with Crippen LogP contribution in [-0.4, -0.2) is 10.1 Å². The summed E-state index contributed by atoms with van der Waals surface area (Å²) in [5, 5.41) is 4.28. The molecule has 2 heterocycles. The Balaban J connectivity index is 1.60. The Bertz CT molecular complexity index is 1080. The van der Waals surface area contributed by atoms with Crippen LogP contribution in [0.15, 0.2) is 77.3 Å². The van der Waals surface area contributed by atoms with E-state index in [1.165, 1.54) is 16.7 Å². The predicted octanol–water partition coefficient (Wildman–Crippen LogP) is 5.70. The summed E-state index contributed by atoms with van der Waals surface area (Å²) in [6, 6.07) is 24.7. The second-order valence-corrected chi connectivity index (χ2v) is 7.25. The first-order valence-electron chi connectivity index (χ1n) is 9.47. The van der Waals surface area contributed by atoms with E-state index in [4.69, 9.17) is 10.3 Å². The number of aromatic nitrogens is 2. The number of hydrogen-bond donors (Lipinski definition) is 1. The molecule has 0 atom stereocenters. The van der Waals surface area contributed by atoms with Crippen molar-refractivity contribution in [1.29, 1.82) is 0 Å². The first kappa shape index (κ1) is 18.0. The molecule has 0 aliphatic heterocycles. The fraction of sp³-hybridized carbons (Fsp3) is 0.167. The van der Waals surface area contributed by atoms with Crippen molar-refractivity contribution in [3.05, 3.63) is 89.7 Å². The summed E-state index contributed by atoms with van der Waals surface area (Å²) < 4.78 is 5.64. The van der Waals surface area contributed by atoms with E-state index >= 15 is 0 Å². The van der Waals surface area contributed by atoms with Crippen molar-refractivity contribution in [2.45, 2.75) is 26.2 Å². The molecule has 140 valence electrons. The number of nitrogens with two attached hydrogens (primary N) is 1. The highest BCUT2D eigenvalue weighted by Gasteiger charge is 2.15. The van der Waals surface area contributed by atoms with Crippen molar-refractivity contribution in [3.63, 3.8) is 0 Å². The van der Waals surface area contributed by atoms with Crippen molar-refractivity contribution in [1.82, 2.24) is 10.1 Å². The summed E-state index contributed by atoms with van der Waals surface area (Å²) in [6.07, 6.45) is 0.712. The fourth-order valence-electron chi connectivity index (χ4n) is 3.36. The maximum absolute atomic E-state index is 5.86. The molecule has 2 aromatic carbocycles. The highest BCUT2D eigenvalue weighted by Crippen LogP contribution is 2.30. The van der Waals surface area contributed by atoms with Crippen LogP contribution in [0.3, 0.4) is 0 Å². The van der Waals surface area contributed by atoms with Crippen LogP contribution in [0.25, 0.3) is 22.5 Å². The summed E-state index contributed by atoms with van der Waals surface area (Å²) in [5.74, 6) is 1.49. The van der Waals surface area contributed by atoms with E-state index in [9.17, 15) is 0 Å². The number of benzene rings is 2. The molecule has 0 fully saturated rings. The summed E-state index contributed by atoms with van der Waals surface area (Å²) in [6.45, 7) is 4.19. The topological polar surface area (TPSA) is 64.9 Å². The Morgan fingerprint density at radius 1 is 0.893 bits per heavy atom. The lowest BCUT2D eigenvalue weighted by molar-refractivity contribution is 0.424. The summed E-state index contributed by atoms with van der Waals surface area (Å²) in [5.41, 5.74) is 12.2. The molecule has 2 aromatic heterocycles. The van der Waals surface area contributed by atoms with E-state index in [2.05, 4.69) is 72.5 Å². The second-order valence-electron chi connectivity index (χ2n) is 7.25. The van der Waals surface area contributed by atoms with Crippen LogP contribution in [-0.2, 0) is 6.42 Å². The predicted molar refractivity (Wildman–Crippen MR) is 113 cm³/mol. The average molecular weight is 369 g/mol. The lowest BCUT2D eigenvalue weighted by atomic mass is 10.00. The zero-order valence-electron chi connectivity index (χ0n) is 16.1. The van der Waals surface area contributed by atoms with Gasteiger partial charge in [-0.2, -0.15) is 0 Å². The van der Waals surface area contributed by atoms with Gasteiger partial charge in [0.1, 0.15) is 5.82 Å². The van der Waals surface area contributed by atoms with E-state index in [0.29, 0.717) is 12.2 Å². The molecular weight excluding hydrogens is 346 g/mol. The van der Waals surface area contributed by atoms with Gasteiger partial charge in [-0.25, -0.2) is 4.98 Å². The van der Waals surface area contributed by atoms with Crippen LogP contribution in [0.1, 0.15) is 36.7 Å². The monoisotopic (exact) mass is 369 g/mol. The van der Waals surface area contributed by atoms with Crippen LogP contribution >= 0.6 is 0 Å². The molecule has 0 aliphatic rings. The third-order valence-electron chi connectivity index (χ3n) is 4.74. The molecule has 0 aliphatic carbocycles. The van der Waals surface area contributed by atoms with Crippen LogP contribution in [0.4, 0.5) is 5.82 Å². The van der Waals surface area contributed by atoms with E-state index in [0.717, 1.165) is 22.7 Å². The van der Waals surface area contributed by atoms with Gasteiger partial charge in [0.15, 0.2) is 5.76 Å². The van der Waals surface area contributed by atoms with Gasteiger partial charge in [0.2, 0.25) is 0 Å². The van der Waals surface area contributed by atoms with Gasteiger partial charge in [-0.15, -0.1) is 0 Å². The van der Waals surface area contributed by atoms with E-state index in [1.54, 1.807) is 6.07 Å². The van der Waals surface area contributed by atoms with Crippen molar-refractivity contribution in [3.8, 4) is 22.5 Å². The molecule has 0 unspecified atom stereocenters.